The van der Waals surface area contributed by atoms with Crippen LogP contribution in [-0.2, 0) is 11.2 Å². The number of carbonyl (C=O) groups is 1. The van der Waals surface area contributed by atoms with Crippen LogP contribution in [0.2, 0.25) is 0 Å². The summed E-state index contributed by atoms with van der Waals surface area (Å²) in [4.78, 5) is 19.8. The van der Waals surface area contributed by atoms with Gasteiger partial charge >= 0.3 is 0 Å². The molecule has 116 valence electrons. The molecule has 0 bridgehead atoms. The van der Waals surface area contributed by atoms with Crippen LogP contribution >= 0.6 is 11.3 Å². The average molecular weight is 316 g/mol. The highest BCUT2D eigenvalue weighted by atomic mass is 32.1. The van der Waals surface area contributed by atoms with Crippen molar-refractivity contribution in [3.05, 3.63) is 52.0 Å². The zero-order valence-corrected chi connectivity index (χ0v) is 13.5. The van der Waals surface area contributed by atoms with Crippen molar-refractivity contribution in [1.82, 2.24) is 9.88 Å². The maximum absolute atomic E-state index is 12.9. The predicted molar refractivity (Wildman–Crippen MR) is 87.3 cm³/mol. The first kappa shape index (κ1) is 15.2. The van der Waals surface area contributed by atoms with E-state index in [0.717, 1.165) is 30.0 Å². The van der Waals surface area contributed by atoms with E-state index in [1.165, 1.54) is 16.9 Å². The first-order valence-electron chi connectivity index (χ1n) is 7.58. The number of thiazole rings is 1. The van der Waals surface area contributed by atoms with Gasteiger partial charge in [0.15, 0.2) is 0 Å². The maximum Gasteiger partial charge on any atom is 0.266 e. The number of rotatable bonds is 5. The van der Waals surface area contributed by atoms with Crippen LogP contribution in [-0.4, -0.2) is 41.6 Å². The van der Waals surface area contributed by atoms with Crippen molar-refractivity contribution in [2.45, 2.75) is 25.8 Å². The molecule has 3 rings (SSSR count). The molecule has 2 aromatic rings. The summed E-state index contributed by atoms with van der Waals surface area (Å²) in [5, 5.41) is 0. The first-order valence-corrected chi connectivity index (χ1v) is 8.46. The third kappa shape index (κ3) is 3.36. The van der Waals surface area contributed by atoms with Gasteiger partial charge in [0.25, 0.3) is 5.91 Å². The molecule has 4 nitrogen and oxygen atoms in total. The van der Waals surface area contributed by atoms with Crippen molar-refractivity contribution in [2.24, 2.45) is 0 Å². The number of aromatic nitrogens is 1. The SMILES string of the molecule is Cc1ncsc1C(=O)N(CCc1ccccc1)[C@@H]1CCOC1. The van der Waals surface area contributed by atoms with Crippen LogP contribution in [0.4, 0.5) is 0 Å². The minimum Gasteiger partial charge on any atom is -0.379 e. The highest BCUT2D eigenvalue weighted by molar-refractivity contribution is 7.11. The molecule has 1 aliphatic heterocycles. The molecule has 1 atom stereocenters. The van der Waals surface area contributed by atoms with E-state index in [4.69, 9.17) is 4.74 Å². The Hall–Kier alpha value is -1.72. The van der Waals surface area contributed by atoms with Crippen molar-refractivity contribution >= 4 is 17.2 Å². The van der Waals surface area contributed by atoms with Gasteiger partial charge in [-0.1, -0.05) is 30.3 Å². The molecule has 5 heteroatoms. The Labute approximate surface area is 134 Å². The number of benzene rings is 1. The fourth-order valence-corrected chi connectivity index (χ4v) is 3.51. The Kier molecular flexibility index (Phi) is 4.85. The van der Waals surface area contributed by atoms with Gasteiger partial charge in [-0.25, -0.2) is 4.98 Å². The van der Waals surface area contributed by atoms with E-state index < -0.39 is 0 Å². The number of amides is 1. The van der Waals surface area contributed by atoms with E-state index in [9.17, 15) is 4.79 Å². The molecule has 1 aliphatic rings. The van der Waals surface area contributed by atoms with Gasteiger partial charge in [-0.15, -0.1) is 11.3 Å². The fourth-order valence-electron chi connectivity index (χ4n) is 2.75. The molecule has 0 radical (unpaired) electrons. The first-order chi connectivity index (χ1) is 10.8. The number of nitrogens with zero attached hydrogens (tertiary/aromatic N) is 2. The zero-order chi connectivity index (χ0) is 15.4. The zero-order valence-electron chi connectivity index (χ0n) is 12.7. The Morgan fingerprint density at radius 2 is 2.23 bits per heavy atom. The molecule has 0 aliphatic carbocycles. The van der Waals surface area contributed by atoms with E-state index in [2.05, 4.69) is 17.1 Å². The van der Waals surface area contributed by atoms with Crippen molar-refractivity contribution in [2.75, 3.05) is 19.8 Å². The number of carbonyl (C=O) groups excluding carboxylic acids is 1. The number of hydrogen-bond acceptors (Lipinski definition) is 4. The molecule has 0 saturated carbocycles. The minimum absolute atomic E-state index is 0.0893. The van der Waals surface area contributed by atoms with Gasteiger partial charge in [0.2, 0.25) is 0 Å². The molecule has 22 heavy (non-hydrogen) atoms. The summed E-state index contributed by atoms with van der Waals surface area (Å²) in [5.74, 6) is 0.0893. The van der Waals surface area contributed by atoms with Crippen LogP contribution in [0.15, 0.2) is 35.8 Å². The lowest BCUT2D eigenvalue weighted by atomic mass is 10.1. The van der Waals surface area contributed by atoms with Gasteiger partial charge < -0.3 is 9.64 Å². The highest BCUT2D eigenvalue weighted by Crippen LogP contribution is 2.21. The second-order valence-electron chi connectivity index (χ2n) is 5.52. The Morgan fingerprint density at radius 1 is 1.41 bits per heavy atom. The summed E-state index contributed by atoms with van der Waals surface area (Å²) >= 11 is 1.42. The molecule has 0 N–H and O–H groups in total. The summed E-state index contributed by atoms with van der Waals surface area (Å²) in [7, 11) is 0. The van der Waals surface area contributed by atoms with Crippen molar-refractivity contribution < 1.29 is 9.53 Å². The molecular weight excluding hydrogens is 296 g/mol. The summed E-state index contributed by atoms with van der Waals surface area (Å²) in [6.45, 7) is 3.98. The highest BCUT2D eigenvalue weighted by Gasteiger charge is 2.29. The molecule has 1 fully saturated rings. The van der Waals surface area contributed by atoms with Crippen LogP contribution in [0, 0.1) is 6.92 Å². The van der Waals surface area contributed by atoms with E-state index in [-0.39, 0.29) is 11.9 Å². The lowest BCUT2D eigenvalue weighted by molar-refractivity contribution is 0.0660. The minimum atomic E-state index is 0.0893. The molecule has 1 amide bonds. The van der Waals surface area contributed by atoms with Crippen LogP contribution in [0.25, 0.3) is 0 Å². The van der Waals surface area contributed by atoms with Gasteiger partial charge in [0, 0.05) is 13.2 Å². The summed E-state index contributed by atoms with van der Waals surface area (Å²) in [5.41, 5.74) is 3.81. The second kappa shape index (κ2) is 7.03. The molecule has 1 aromatic heterocycles. The normalized spacial score (nSPS) is 17.6. The van der Waals surface area contributed by atoms with E-state index in [0.29, 0.717) is 13.2 Å². The summed E-state index contributed by atoms with van der Waals surface area (Å²) in [6.07, 6.45) is 1.78. The van der Waals surface area contributed by atoms with Gasteiger partial charge in [0.05, 0.1) is 23.9 Å². The Balaban J connectivity index is 1.75. The topological polar surface area (TPSA) is 42.4 Å². The van der Waals surface area contributed by atoms with Gasteiger partial charge in [-0.3, -0.25) is 4.79 Å². The predicted octanol–water partition coefficient (Wildman–Crippen LogP) is 2.93. The van der Waals surface area contributed by atoms with E-state index in [1.807, 2.05) is 30.0 Å². The van der Waals surface area contributed by atoms with Crippen molar-refractivity contribution in [3.8, 4) is 0 Å². The quantitative estimate of drug-likeness (QED) is 0.852. The molecule has 1 aromatic carbocycles. The van der Waals surface area contributed by atoms with Crippen LogP contribution in [0.5, 0.6) is 0 Å². The van der Waals surface area contributed by atoms with Crippen LogP contribution in [0.1, 0.15) is 27.3 Å². The van der Waals surface area contributed by atoms with E-state index in [1.54, 1.807) is 5.51 Å². The number of hydrogen-bond donors (Lipinski definition) is 0. The second-order valence-corrected chi connectivity index (χ2v) is 6.37. The van der Waals surface area contributed by atoms with Crippen molar-refractivity contribution in [3.63, 3.8) is 0 Å². The lowest BCUT2D eigenvalue weighted by Crippen LogP contribution is -2.42. The standard InChI is InChI=1S/C17H20N2O2S/c1-13-16(22-12-18-13)17(20)19(15-8-10-21-11-15)9-7-14-5-3-2-4-6-14/h2-6,12,15H,7-11H2,1H3/t15-/m1/s1. The maximum atomic E-state index is 12.9. The smallest absolute Gasteiger partial charge is 0.266 e. The van der Waals surface area contributed by atoms with Gasteiger partial charge in [-0.05, 0) is 25.3 Å². The molecule has 2 heterocycles. The number of aryl methyl sites for hydroxylation is 1. The van der Waals surface area contributed by atoms with Gasteiger partial charge in [0.1, 0.15) is 4.88 Å². The Bertz CT molecular complexity index is 621. The third-order valence-electron chi connectivity index (χ3n) is 4.03. The summed E-state index contributed by atoms with van der Waals surface area (Å²) in [6, 6.07) is 10.5. The molecule has 1 saturated heterocycles. The third-order valence-corrected chi connectivity index (χ3v) is 4.95. The van der Waals surface area contributed by atoms with Gasteiger partial charge in [-0.2, -0.15) is 0 Å². The van der Waals surface area contributed by atoms with Crippen molar-refractivity contribution in [1.29, 1.82) is 0 Å². The van der Waals surface area contributed by atoms with E-state index >= 15 is 0 Å². The van der Waals surface area contributed by atoms with Crippen LogP contribution in [0.3, 0.4) is 0 Å². The lowest BCUT2D eigenvalue weighted by Gasteiger charge is -2.28. The average Bonchev–Trinajstić information content (AvgIpc) is 3.20. The Morgan fingerprint density at radius 3 is 2.86 bits per heavy atom. The molecular formula is C17H20N2O2S. The monoisotopic (exact) mass is 316 g/mol. The molecule has 0 spiro atoms. The number of ether oxygens (including phenoxy) is 1. The fraction of sp³-hybridized carbons (Fsp3) is 0.412. The summed E-state index contributed by atoms with van der Waals surface area (Å²) < 4.78 is 5.48. The van der Waals surface area contributed by atoms with Crippen LogP contribution < -0.4 is 0 Å². The largest absolute Gasteiger partial charge is 0.379 e. The molecule has 0 unspecified atom stereocenters.